The smallest absolute Gasteiger partial charge is 0.251 e. The zero-order valence-corrected chi connectivity index (χ0v) is 21.1. The predicted molar refractivity (Wildman–Crippen MR) is 138 cm³/mol. The normalized spacial score (nSPS) is 13.9. The minimum atomic E-state index is -3.47. The van der Waals surface area contributed by atoms with Gasteiger partial charge in [-0.05, 0) is 97.7 Å². The Morgan fingerprint density at radius 3 is 2.24 bits per heavy atom. The van der Waals surface area contributed by atoms with Gasteiger partial charge in [-0.1, -0.05) is 36.4 Å². The van der Waals surface area contributed by atoms with E-state index in [9.17, 15) is 13.2 Å². The fourth-order valence-corrected chi connectivity index (χ4v) is 5.52. The first-order valence-corrected chi connectivity index (χ1v) is 13.5. The first-order valence-electron chi connectivity index (χ1n) is 11.7. The van der Waals surface area contributed by atoms with Crippen molar-refractivity contribution in [2.24, 2.45) is 0 Å². The maximum atomic E-state index is 12.8. The summed E-state index contributed by atoms with van der Waals surface area (Å²) >= 11 is 0. The van der Waals surface area contributed by atoms with E-state index in [1.165, 1.54) is 28.1 Å². The molecule has 4 rings (SSSR count). The lowest BCUT2D eigenvalue weighted by atomic mass is 10.0. The van der Waals surface area contributed by atoms with E-state index >= 15 is 0 Å². The van der Waals surface area contributed by atoms with E-state index in [2.05, 4.69) is 23.5 Å². The molecular formula is C28H32N2O3S. The molecule has 34 heavy (non-hydrogen) atoms. The number of sulfonamides is 1. The first-order chi connectivity index (χ1) is 16.1. The van der Waals surface area contributed by atoms with Crippen LogP contribution in [0, 0.1) is 13.8 Å². The molecule has 0 fully saturated rings. The second-order valence-corrected chi connectivity index (χ2v) is 11.3. The number of carbonyl (C=O) groups is 1. The SMILES string of the molecule is Cc1cc(C)cc(N(Cc2ccc(C(=O)N[C@H](C)c3ccc4c(c3)CCC4)cc2)S(C)(=O)=O)c1. The molecule has 0 heterocycles. The molecule has 0 aliphatic heterocycles. The molecule has 0 spiro atoms. The Labute approximate surface area is 202 Å². The van der Waals surface area contributed by atoms with E-state index in [1.807, 2.05) is 51.1 Å². The molecule has 0 radical (unpaired) electrons. The monoisotopic (exact) mass is 476 g/mol. The number of nitrogens with zero attached hydrogens (tertiary/aromatic N) is 1. The van der Waals surface area contributed by atoms with Gasteiger partial charge in [0.25, 0.3) is 5.91 Å². The molecule has 3 aromatic rings. The molecular weight excluding hydrogens is 444 g/mol. The number of rotatable bonds is 7. The molecule has 6 heteroatoms. The molecule has 1 aliphatic rings. The van der Waals surface area contributed by atoms with Crippen molar-refractivity contribution >= 4 is 21.6 Å². The maximum Gasteiger partial charge on any atom is 0.251 e. The summed E-state index contributed by atoms with van der Waals surface area (Å²) in [5.74, 6) is -0.145. The highest BCUT2D eigenvalue weighted by atomic mass is 32.2. The summed E-state index contributed by atoms with van der Waals surface area (Å²) < 4.78 is 26.4. The third-order valence-corrected chi connectivity index (χ3v) is 7.55. The number of fused-ring (bicyclic) bond motifs is 1. The lowest BCUT2D eigenvalue weighted by molar-refractivity contribution is 0.0940. The average Bonchev–Trinajstić information content (AvgIpc) is 3.24. The molecule has 1 atom stereocenters. The van der Waals surface area contributed by atoms with Crippen LogP contribution in [0.4, 0.5) is 5.69 Å². The summed E-state index contributed by atoms with van der Waals surface area (Å²) in [7, 11) is -3.47. The largest absolute Gasteiger partial charge is 0.346 e. The fourth-order valence-electron chi connectivity index (χ4n) is 4.65. The van der Waals surface area contributed by atoms with Gasteiger partial charge in [-0.15, -0.1) is 0 Å². The second kappa shape index (κ2) is 9.63. The van der Waals surface area contributed by atoms with Gasteiger partial charge in [-0.2, -0.15) is 0 Å². The van der Waals surface area contributed by atoms with Crippen LogP contribution in [0.1, 0.15) is 63.1 Å². The van der Waals surface area contributed by atoms with Crippen LogP contribution in [-0.2, 0) is 29.4 Å². The number of anilines is 1. The number of hydrogen-bond acceptors (Lipinski definition) is 3. The molecule has 0 bridgehead atoms. The highest BCUT2D eigenvalue weighted by molar-refractivity contribution is 7.92. The van der Waals surface area contributed by atoms with E-state index < -0.39 is 10.0 Å². The fraction of sp³-hybridized carbons (Fsp3) is 0.321. The van der Waals surface area contributed by atoms with Gasteiger partial charge < -0.3 is 5.32 Å². The quantitative estimate of drug-likeness (QED) is 0.507. The van der Waals surface area contributed by atoms with E-state index in [0.29, 0.717) is 11.3 Å². The minimum absolute atomic E-state index is 0.0941. The molecule has 5 nitrogen and oxygen atoms in total. The van der Waals surface area contributed by atoms with Crippen LogP contribution in [0.15, 0.2) is 60.7 Å². The van der Waals surface area contributed by atoms with Crippen molar-refractivity contribution in [2.45, 2.75) is 52.6 Å². The van der Waals surface area contributed by atoms with Gasteiger partial charge in [0, 0.05) is 5.56 Å². The van der Waals surface area contributed by atoms with Crippen molar-refractivity contribution in [2.75, 3.05) is 10.6 Å². The number of hydrogen-bond donors (Lipinski definition) is 1. The second-order valence-electron chi connectivity index (χ2n) is 9.39. The molecule has 0 saturated carbocycles. The van der Waals surface area contributed by atoms with Crippen LogP contribution < -0.4 is 9.62 Å². The van der Waals surface area contributed by atoms with Crippen molar-refractivity contribution in [1.82, 2.24) is 5.32 Å². The van der Waals surface area contributed by atoms with Crippen LogP contribution in [0.5, 0.6) is 0 Å². The van der Waals surface area contributed by atoms with Crippen molar-refractivity contribution in [3.8, 4) is 0 Å². The Kier molecular flexibility index (Phi) is 6.80. The van der Waals surface area contributed by atoms with Crippen molar-refractivity contribution < 1.29 is 13.2 Å². The van der Waals surface area contributed by atoms with Crippen LogP contribution >= 0.6 is 0 Å². The van der Waals surface area contributed by atoms with Gasteiger partial charge in [0.2, 0.25) is 10.0 Å². The van der Waals surface area contributed by atoms with Crippen molar-refractivity contribution in [3.63, 3.8) is 0 Å². The van der Waals surface area contributed by atoms with Crippen LogP contribution in [0.2, 0.25) is 0 Å². The standard InChI is InChI=1S/C28H32N2O3S/c1-19-14-20(2)16-27(15-19)30(34(4,32)33)18-22-8-10-24(11-9-22)28(31)29-21(3)25-13-12-23-6-5-7-26(23)17-25/h8-17,21H,5-7,18H2,1-4H3,(H,29,31)/t21-/m1/s1. The van der Waals surface area contributed by atoms with Gasteiger partial charge in [-0.25, -0.2) is 8.42 Å². The lowest BCUT2D eigenvalue weighted by Crippen LogP contribution is -2.29. The van der Waals surface area contributed by atoms with Gasteiger partial charge in [0.1, 0.15) is 0 Å². The molecule has 3 aromatic carbocycles. The number of benzene rings is 3. The average molecular weight is 477 g/mol. The molecule has 1 amide bonds. The predicted octanol–water partition coefficient (Wildman–Crippen LogP) is 5.25. The summed E-state index contributed by atoms with van der Waals surface area (Å²) in [5, 5.41) is 3.08. The number of aryl methyl sites for hydroxylation is 4. The first kappa shape index (κ1) is 24.0. The van der Waals surface area contributed by atoms with Crippen molar-refractivity contribution in [1.29, 1.82) is 0 Å². The Bertz CT molecular complexity index is 1290. The van der Waals surface area contributed by atoms with Crippen LogP contribution in [0.3, 0.4) is 0 Å². The summed E-state index contributed by atoms with van der Waals surface area (Å²) in [5.41, 5.74) is 7.94. The van der Waals surface area contributed by atoms with Crippen LogP contribution in [0.25, 0.3) is 0 Å². The van der Waals surface area contributed by atoms with Crippen LogP contribution in [-0.4, -0.2) is 20.6 Å². The number of amides is 1. The summed E-state index contributed by atoms with van der Waals surface area (Å²) in [6, 6.07) is 19.3. The zero-order chi connectivity index (χ0) is 24.5. The summed E-state index contributed by atoms with van der Waals surface area (Å²) in [6.07, 6.45) is 4.67. The van der Waals surface area contributed by atoms with E-state index in [4.69, 9.17) is 0 Å². The third-order valence-electron chi connectivity index (χ3n) is 6.41. The maximum absolute atomic E-state index is 12.8. The van der Waals surface area contributed by atoms with Gasteiger partial charge >= 0.3 is 0 Å². The lowest BCUT2D eigenvalue weighted by Gasteiger charge is -2.23. The molecule has 0 unspecified atom stereocenters. The molecule has 178 valence electrons. The third kappa shape index (κ3) is 5.50. The molecule has 1 N–H and O–H groups in total. The molecule has 0 aromatic heterocycles. The summed E-state index contributed by atoms with van der Waals surface area (Å²) in [4.78, 5) is 12.8. The number of carbonyl (C=O) groups excluding carboxylic acids is 1. The molecule has 0 saturated heterocycles. The van der Waals surface area contributed by atoms with E-state index in [-0.39, 0.29) is 18.5 Å². The zero-order valence-electron chi connectivity index (χ0n) is 20.3. The van der Waals surface area contributed by atoms with Gasteiger partial charge in [0.15, 0.2) is 0 Å². The van der Waals surface area contributed by atoms with E-state index in [1.54, 1.807) is 12.1 Å². The topological polar surface area (TPSA) is 66.5 Å². The minimum Gasteiger partial charge on any atom is -0.346 e. The highest BCUT2D eigenvalue weighted by Crippen LogP contribution is 2.26. The highest BCUT2D eigenvalue weighted by Gasteiger charge is 2.19. The Hall–Kier alpha value is -3.12. The van der Waals surface area contributed by atoms with Gasteiger partial charge in [-0.3, -0.25) is 9.10 Å². The number of nitrogens with one attached hydrogen (secondary N) is 1. The van der Waals surface area contributed by atoms with Crippen molar-refractivity contribution in [3.05, 3.63) is 99.6 Å². The molecule has 1 aliphatic carbocycles. The Morgan fingerprint density at radius 2 is 1.59 bits per heavy atom. The summed E-state index contributed by atoms with van der Waals surface area (Å²) in [6.45, 7) is 6.11. The Morgan fingerprint density at radius 1 is 0.941 bits per heavy atom. The van der Waals surface area contributed by atoms with E-state index in [0.717, 1.165) is 35.1 Å². The Balaban J connectivity index is 1.46. The van der Waals surface area contributed by atoms with Gasteiger partial charge in [0.05, 0.1) is 24.5 Å².